The minimum absolute atomic E-state index is 0.199. The van der Waals surface area contributed by atoms with Crippen LogP contribution in [-0.4, -0.2) is 23.5 Å². The van der Waals surface area contributed by atoms with Crippen molar-refractivity contribution in [1.29, 1.82) is 0 Å². The van der Waals surface area contributed by atoms with E-state index in [9.17, 15) is 0 Å². The highest BCUT2D eigenvalue weighted by atomic mass is 16.5. The Morgan fingerprint density at radius 3 is 2.67 bits per heavy atom. The average Bonchev–Trinajstić information content (AvgIpc) is 2.89. The fraction of sp³-hybridized carbons (Fsp3) is 0.200. The molecular weight excluding hydrogens is 224 g/mol. The van der Waals surface area contributed by atoms with Gasteiger partial charge in [-0.2, -0.15) is 0 Å². The summed E-state index contributed by atoms with van der Waals surface area (Å²) in [6.45, 7) is 0.640. The maximum absolute atomic E-state index is 5.61. The predicted octanol–water partition coefficient (Wildman–Crippen LogP) is 2.47. The molecule has 1 atom stereocenters. The van der Waals surface area contributed by atoms with E-state index in [1.807, 2.05) is 24.3 Å². The zero-order valence-corrected chi connectivity index (χ0v) is 9.99. The van der Waals surface area contributed by atoms with Crippen LogP contribution in [0.25, 0.3) is 0 Å². The number of nitrogens with zero attached hydrogens (tertiary/aromatic N) is 2. The fourth-order valence-electron chi connectivity index (χ4n) is 2.04. The molecule has 0 radical (unpaired) electrons. The van der Waals surface area contributed by atoms with Crippen molar-refractivity contribution in [2.75, 3.05) is 6.61 Å². The summed E-state index contributed by atoms with van der Waals surface area (Å²) in [7, 11) is 0. The van der Waals surface area contributed by atoms with Gasteiger partial charge in [0.25, 0.3) is 0 Å². The molecule has 1 unspecified atom stereocenters. The molecule has 1 aromatic heterocycles. The lowest BCUT2D eigenvalue weighted by molar-refractivity contribution is 0.316. The largest absolute Gasteiger partial charge is 0.474 e. The SMILES string of the molecule is c1ccc(CC2COC(c3ccccn3)=N2)cc1. The zero-order valence-electron chi connectivity index (χ0n) is 9.99. The van der Waals surface area contributed by atoms with Gasteiger partial charge in [-0.05, 0) is 24.1 Å². The second-order valence-corrected chi connectivity index (χ2v) is 4.30. The van der Waals surface area contributed by atoms with Crippen LogP contribution in [0.5, 0.6) is 0 Å². The van der Waals surface area contributed by atoms with E-state index in [4.69, 9.17) is 4.74 Å². The highest BCUT2D eigenvalue weighted by Gasteiger charge is 2.20. The number of benzene rings is 1. The van der Waals surface area contributed by atoms with Gasteiger partial charge in [-0.15, -0.1) is 0 Å². The van der Waals surface area contributed by atoms with Crippen molar-refractivity contribution in [3.05, 3.63) is 66.0 Å². The van der Waals surface area contributed by atoms with Gasteiger partial charge in [-0.1, -0.05) is 36.4 Å². The molecule has 2 aromatic rings. The molecule has 0 spiro atoms. The molecule has 0 N–H and O–H groups in total. The predicted molar refractivity (Wildman–Crippen MR) is 70.7 cm³/mol. The van der Waals surface area contributed by atoms with Gasteiger partial charge in [0, 0.05) is 6.20 Å². The molecule has 0 fully saturated rings. The first kappa shape index (κ1) is 11.0. The van der Waals surface area contributed by atoms with Crippen LogP contribution < -0.4 is 0 Å². The number of ether oxygens (including phenoxy) is 1. The molecular formula is C15H14N2O. The van der Waals surface area contributed by atoms with Crippen molar-refractivity contribution in [3.63, 3.8) is 0 Å². The minimum Gasteiger partial charge on any atom is -0.474 e. The summed E-state index contributed by atoms with van der Waals surface area (Å²) in [6, 6.07) is 16.3. The molecule has 3 heteroatoms. The van der Waals surface area contributed by atoms with E-state index in [2.05, 4.69) is 34.2 Å². The number of pyridine rings is 1. The van der Waals surface area contributed by atoms with Crippen molar-refractivity contribution in [2.45, 2.75) is 12.5 Å². The summed E-state index contributed by atoms with van der Waals surface area (Å²) in [4.78, 5) is 8.83. The third-order valence-corrected chi connectivity index (χ3v) is 2.91. The third-order valence-electron chi connectivity index (χ3n) is 2.91. The molecule has 0 bridgehead atoms. The molecule has 1 aliphatic heterocycles. The Hall–Kier alpha value is -2.16. The van der Waals surface area contributed by atoms with Crippen LogP contribution in [0.3, 0.4) is 0 Å². The van der Waals surface area contributed by atoms with Crippen LogP contribution in [0.1, 0.15) is 11.3 Å². The smallest absolute Gasteiger partial charge is 0.235 e. The maximum atomic E-state index is 5.61. The first-order chi connectivity index (χ1) is 8.92. The van der Waals surface area contributed by atoms with Crippen molar-refractivity contribution in [2.24, 2.45) is 4.99 Å². The fourth-order valence-corrected chi connectivity index (χ4v) is 2.04. The van der Waals surface area contributed by atoms with Gasteiger partial charge in [0.1, 0.15) is 12.3 Å². The van der Waals surface area contributed by atoms with Gasteiger partial charge < -0.3 is 4.74 Å². The molecule has 18 heavy (non-hydrogen) atoms. The van der Waals surface area contributed by atoms with Gasteiger partial charge in [0.2, 0.25) is 5.90 Å². The standard InChI is InChI=1S/C15H14N2O/c1-2-6-12(7-3-1)10-13-11-18-15(17-13)14-8-4-5-9-16-14/h1-9,13H,10-11H2. The van der Waals surface area contributed by atoms with Gasteiger partial charge in [-0.25, -0.2) is 4.99 Å². The van der Waals surface area contributed by atoms with Crippen LogP contribution in [0.2, 0.25) is 0 Å². The Kier molecular flexibility index (Phi) is 3.05. The molecule has 1 aliphatic rings. The first-order valence-corrected chi connectivity index (χ1v) is 6.08. The number of rotatable bonds is 3. The summed E-state index contributed by atoms with van der Waals surface area (Å²) in [5.41, 5.74) is 2.10. The quantitative estimate of drug-likeness (QED) is 0.823. The van der Waals surface area contributed by atoms with Gasteiger partial charge >= 0.3 is 0 Å². The molecule has 0 aliphatic carbocycles. The second-order valence-electron chi connectivity index (χ2n) is 4.30. The van der Waals surface area contributed by atoms with Crippen LogP contribution in [0.15, 0.2) is 59.7 Å². The average molecular weight is 238 g/mol. The molecule has 0 saturated carbocycles. The molecule has 0 amide bonds. The Morgan fingerprint density at radius 1 is 1.06 bits per heavy atom. The summed E-state index contributed by atoms with van der Waals surface area (Å²) < 4.78 is 5.61. The Bertz CT molecular complexity index is 537. The monoisotopic (exact) mass is 238 g/mol. The number of aliphatic imine (C=N–C) groups is 1. The van der Waals surface area contributed by atoms with Crippen LogP contribution in [0.4, 0.5) is 0 Å². The van der Waals surface area contributed by atoms with Crippen LogP contribution >= 0.6 is 0 Å². The molecule has 1 aromatic carbocycles. The first-order valence-electron chi connectivity index (χ1n) is 6.08. The van der Waals surface area contributed by atoms with Crippen molar-refractivity contribution in [1.82, 2.24) is 4.98 Å². The van der Waals surface area contributed by atoms with E-state index in [-0.39, 0.29) is 6.04 Å². The Labute approximate surface area is 106 Å². The van der Waals surface area contributed by atoms with E-state index in [1.54, 1.807) is 6.20 Å². The van der Waals surface area contributed by atoms with Crippen LogP contribution in [0, 0.1) is 0 Å². The lowest BCUT2D eigenvalue weighted by Crippen LogP contribution is -2.09. The molecule has 90 valence electrons. The number of aromatic nitrogens is 1. The van der Waals surface area contributed by atoms with Crippen molar-refractivity contribution in [3.8, 4) is 0 Å². The normalized spacial score (nSPS) is 18.2. The number of hydrogen-bond acceptors (Lipinski definition) is 3. The van der Waals surface area contributed by atoms with E-state index < -0.39 is 0 Å². The van der Waals surface area contributed by atoms with Crippen molar-refractivity contribution >= 4 is 5.90 Å². The Balaban J connectivity index is 1.73. The third kappa shape index (κ3) is 2.40. The van der Waals surface area contributed by atoms with Crippen LogP contribution in [-0.2, 0) is 11.2 Å². The lowest BCUT2D eigenvalue weighted by Gasteiger charge is -2.03. The second kappa shape index (κ2) is 5.00. The highest BCUT2D eigenvalue weighted by Crippen LogP contribution is 2.14. The van der Waals surface area contributed by atoms with Gasteiger partial charge in [0.05, 0.1) is 6.04 Å². The van der Waals surface area contributed by atoms with Gasteiger partial charge in [-0.3, -0.25) is 4.98 Å². The summed E-state index contributed by atoms with van der Waals surface area (Å²) in [5, 5.41) is 0. The maximum Gasteiger partial charge on any atom is 0.235 e. The molecule has 3 nitrogen and oxygen atoms in total. The Morgan fingerprint density at radius 2 is 1.89 bits per heavy atom. The summed E-state index contributed by atoms with van der Waals surface area (Å²) in [5.74, 6) is 0.663. The van der Waals surface area contributed by atoms with E-state index >= 15 is 0 Å². The summed E-state index contributed by atoms with van der Waals surface area (Å²) >= 11 is 0. The van der Waals surface area contributed by atoms with E-state index in [0.717, 1.165) is 12.1 Å². The zero-order chi connectivity index (χ0) is 12.2. The number of hydrogen-bond donors (Lipinski definition) is 0. The molecule has 0 saturated heterocycles. The van der Waals surface area contributed by atoms with Crippen molar-refractivity contribution < 1.29 is 4.74 Å². The summed E-state index contributed by atoms with van der Waals surface area (Å²) in [6.07, 6.45) is 2.67. The van der Waals surface area contributed by atoms with E-state index in [0.29, 0.717) is 12.5 Å². The van der Waals surface area contributed by atoms with Gasteiger partial charge in [0.15, 0.2) is 0 Å². The highest BCUT2D eigenvalue weighted by molar-refractivity contribution is 5.93. The van der Waals surface area contributed by atoms with E-state index in [1.165, 1.54) is 5.56 Å². The lowest BCUT2D eigenvalue weighted by atomic mass is 10.1. The topological polar surface area (TPSA) is 34.5 Å². The molecule has 3 rings (SSSR count). The molecule has 2 heterocycles. The minimum atomic E-state index is 0.199.